The molecule has 0 amide bonds. The molecule has 10 heteroatoms. The minimum atomic E-state index is 0.366. The molecule has 0 unspecified atom stereocenters. The molecule has 2 aromatic heterocycles. The molecule has 0 fully saturated rings. The SMILES string of the molecule is CC.Cn1nc(CSc2ccccc2)c(CNc2n[nH]c(Nc3cccc(Cl)c3)c2C#N)c1Cl. The maximum absolute atomic E-state index is 9.68. The van der Waals surface area contributed by atoms with Crippen LogP contribution >= 0.6 is 35.0 Å². The van der Waals surface area contributed by atoms with Gasteiger partial charge in [0, 0.05) is 40.5 Å². The molecule has 34 heavy (non-hydrogen) atoms. The lowest BCUT2D eigenvalue weighted by Gasteiger charge is -2.07. The Bertz CT molecular complexity index is 1260. The lowest BCUT2D eigenvalue weighted by Crippen LogP contribution is -2.03. The van der Waals surface area contributed by atoms with Crippen LogP contribution in [-0.4, -0.2) is 20.0 Å². The van der Waals surface area contributed by atoms with E-state index in [1.165, 1.54) is 0 Å². The van der Waals surface area contributed by atoms with Crippen molar-refractivity contribution in [2.75, 3.05) is 10.6 Å². The predicted molar refractivity (Wildman–Crippen MR) is 141 cm³/mol. The highest BCUT2D eigenvalue weighted by Crippen LogP contribution is 2.29. The number of aryl methyl sites for hydroxylation is 1. The van der Waals surface area contributed by atoms with E-state index in [2.05, 4.69) is 44.1 Å². The zero-order valence-electron chi connectivity index (χ0n) is 19.1. The third kappa shape index (κ3) is 6.26. The van der Waals surface area contributed by atoms with Crippen LogP contribution in [0.15, 0.2) is 59.5 Å². The molecule has 0 saturated heterocycles. The Kier molecular flexibility index (Phi) is 9.28. The van der Waals surface area contributed by atoms with Crippen LogP contribution in [0.2, 0.25) is 10.2 Å². The van der Waals surface area contributed by atoms with Crippen molar-refractivity contribution in [2.24, 2.45) is 7.05 Å². The molecule has 0 spiro atoms. The van der Waals surface area contributed by atoms with Crippen molar-refractivity contribution in [2.45, 2.75) is 31.0 Å². The predicted octanol–water partition coefficient (Wildman–Crippen LogP) is 7.00. The Labute approximate surface area is 213 Å². The number of aromatic amines is 1. The van der Waals surface area contributed by atoms with Gasteiger partial charge in [-0.15, -0.1) is 11.8 Å². The van der Waals surface area contributed by atoms with Gasteiger partial charge in [-0.1, -0.05) is 61.3 Å². The molecule has 2 heterocycles. The van der Waals surface area contributed by atoms with Crippen LogP contribution in [0, 0.1) is 11.3 Å². The lowest BCUT2D eigenvalue weighted by molar-refractivity contribution is 0.755. The maximum atomic E-state index is 9.68. The molecule has 176 valence electrons. The van der Waals surface area contributed by atoms with E-state index in [9.17, 15) is 5.26 Å². The first kappa shape index (κ1) is 25.5. The molecule has 4 rings (SSSR count). The highest BCUT2D eigenvalue weighted by Gasteiger charge is 2.18. The van der Waals surface area contributed by atoms with E-state index >= 15 is 0 Å². The first-order chi connectivity index (χ1) is 16.5. The summed E-state index contributed by atoms with van der Waals surface area (Å²) in [5.74, 6) is 1.59. The number of H-pyrrole nitrogens is 1. The Hall–Kier alpha value is -3.12. The number of halogens is 2. The molecule has 2 aromatic carbocycles. The van der Waals surface area contributed by atoms with Crippen LogP contribution in [0.5, 0.6) is 0 Å². The average Bonchev–Trinajstić information content (AvgIpc) is 3.37. The summed E-state index contributed by atoms with van der Waals surface area (Å²) in [6, 6.07) is 19.5. The van der Waals surface area contributed by atoms with Crippen molar-refractivity contribution < 1.29 is 0 Å². The third-order valence-electron chi connectivity index (χ3n) is 4.68. The van der Waals surface area contributed by atoms with E-state index in [-0.39, 0.29) is 0 Å². The number of thioether (sulfide) groups is 1. The fourth-order valence-corrected chi connectivity index (χ4v) is 4.40. The molecular weight excluding hydrogens is 489 g/mol. The van der Waals surface area contributed by atoms with E-state index in [0.717, 1.165) is 21.8 Å². The van der Waals surface area contributed by atoms with Crippen LogP contribution in [0.3, 0.4) is 0 Å². The summed E-state index contributed by atoms with van der Waals surface area (Å²) < 4.78 is 1.65. The molecule has 0 radical (unpaired) electrons. The smallest absolute Gasteiger partial charge is 0.168 e. The molecular formula is C24H25Cl2N7S. The fraction of sp³-hybridized carbons (Fsp3) is 0.208. The minimum absolute atomic E-state index is 0.366. The number of benzene rings is 2. The molecule has 0 atom stereocenters. The van der Waals surface area contributed by atoms with Crippen molar-refractivity contribution in [1.29, 1.82) is 5.26 Å². The number of nitrogens with one attached hydrogen (secondary N) is 3. The second-order valence-corrected chi connectivity index (χ2v) is 8.71. The maximum Gasteiger partial charge on any atom is 0.168 e. The Morgan fingerprint density at radius 1 is 1.12 bits per heavy atom. The second kappa shape index (κ2) is 12.4. The zero-order valence-corrected chi connectivity index (χ0v) is 21.4. The number of aromatic nitrogens is 4. The molecule has 0 aliphatic rings. The fourth-order valence-electron chi connectivity index (χ4n) is 3.11. The van der Waals surface area contributed by atoms with Gasteiger partial charge < -0.3 is 10.6 Å². The van der Waals surface area contributed by atoms with Crippen molar-refractivity contribution in [3.63, 3.8) is 0 Å². The zero-order chi connectivity index (χ0) is 24.5. The summed E-state index contributed by atoms with van der Waals surface area (Å²) in [6.07, 6.45) is 0. The van der Waals surface area contributed by atoms with Gasteiger partial charge in [0.15, 0.2) is 5.82 Å². The van der Waals surface area contributed by atoms with Gasteiger partial charge in [-0.3, -0.25) is 9.78 Å². The quantitative estimate of drug-likeness (QED) is 0.219. The normalized spacial score (nSPS) is 10.2. The van der Waals surface area contributed by atoms with Crippen LogP contribution in [0.1, 0.15) is 30.7 Å². The van der Waals surface area contributed by atoms with Gasteiger partial charge in [-0.2, -0.15) is 15.5 Å². The molecule has 0 saturated carbocycles. The summed E-state index contributed by atoms with van der Waals surface area (Å²) in [7, 11) is 1.81. The number of anilines is 3. The summed E-state index contributed by atoms with van der Waals surface area (Å²) >= 11 is 14.2. The van der Waals surface area contributed by atoms with E-state index in [1.807, 2.05) is 51.2 Å². The summed E-state index contributed by atoms with van der Waals surface area (Å²) in [6.45, 7) is 4.38. The average molecular weight is 514 g/mol. The molecule has 0 aliphatic heterocycles. The number of nitriles is 1. The Balaban J connectivity index is 0.00000158. The highest BCUT2D eigenvalue weighted by molar-refractivity contribution is 7.98. The van der Waals surface area contributed by atoms with Crippen LogP contribution in [-0.2, 0) is 19.3 Å². The van der Waals surface area contributed by atoms with Crippen molar-refractivity contribution in [1.82, 2.24) is 20.0 Å². The Morgan fingerprint density at radius 2 is 1.88 bits per heavy atom. The first-order valence-electron chi connectivity index (χ1n) is 10.7. The molecule has 0 aliphatic carbocycles. The second-order valence-electron chi connectivity index (χ2n) is 6.86. The van der Waals surface area contributed by atoms with Crippen molar-refractivity contribution in [3.8, 4) is 6.07 Å². The number of hydrogen-bond donors (Lipinski definition) is 3. The Morgan fingerprint density at radius 3 is 2.59 bits per heavy atom. The largest absolute Gasteiger partial charge is 0.363 e. The van der Waals surface area contributed by atoms with Crippen LogP contribution in [0.25, 0.3) is 0 Å². The third-order valence-corrected chi connectivity index (χ3v) is 6.41. The van der Waals surface area contributed by atoms with E-state index < -0.39 is 0 Å². The number of rotatable bonds is 8. The van der Waals surface area contributed by atoms with E-state index in [1.54, 1.807) is 28.6 Å². The van der Waals surface area contributed by atoms with Gasteiger partial charge in [0.25, 0.3) is 0 Å². The first-order valence-corrected chi connectivity index (χ1v) is 12.4. The van der Waals surface area contributed by atoms with Crippen molar-refractivity contribution in [3.05, 3.63) is 81.6 Å². The topological polar surface area (TPSA) is 94.3 Å². The summed E-state index contributed by atoms with van der Waals surface area (Å²) in [5.41, 5.74) is 2.86. The highest BCUT2D eigenvalue weighted by atomic mass is 35.5. The molecule has 4 aromatic rings. The van der Waals surface area contributed by atoms with Gasteiger partial charge in [-0.25, -0.2) is 0 Å². The molecule has 7 nitrogen and oxygen atoms in total. The number of hydrogen-bond acceptors (Lipinski definition) is 6. The summed E-state index contributed by atoms with van der Waals surface area (Å²) in [4.78, 5) is 1.16. The van der Waals surface area contributed by atoms with Gasteiger partial charge in [0.2, 0.25) is 0 Å². The molecule has 0 bridgehead atoms. The monoisotopic (exact) mass is 513 g/mol. The van der Waals surface area contributed by atoms with Gasteiger partial charge >= 0.3 is 0 Å². The number of nitrogens with zero attached hydrogens (tertiary/aromatic N) is 4. The van der Waals surface area contributed by atoms with Crippen LogP contribution in [0.4, 0.5) is 17.3 Å². The van der Waals surface area contributed by atoms with Crippen molar-refractivity contribution >= 4 is 52.3 Å². The van der Waals surface area contributed by atoms with E-state index in [4.69, 9.17) is 23.2 Å². The van der Waals surface area contributed by atoms with Gasteiger partial charge in [0.1, 0.15) is 22.6 Å². The minimum Gasteiger partial charge on any atom is -0.363 e. The van der Waals surface area contributed by atoms with Crippen LogP contribution < -0.4 is 10.6 Å². The van der Waals surface area contributed by atoms with Gasteiger partial charge in [-0.05, 0) is 30.3 Å². The van der Waals surface area contributed by atoms with E-state index in [0.29, 0.717) is 39.7 Å². The summed E-state index contributed by atoms with van der Waals surface area (Å²) in [5, 5.41) is 28.8. The lowest BCUT2D eigenvalue weighted by atomic mass is 10.2. The molecule has 3 N–H and O–H groups in total. The standard InChI is InChI=1S/C22H19Cl2N7S.C2H6/c1-31-20(24)18(19(30-31)13-32-16-8-3-2-4-9-16)12-26-21-17(11-25)22(29-28-21)27-15-7-5-6-14(23)10-15;1-2/h2-10H,12-13H2,1H3,(H3,26,27,28,29);1-2H3. The van der Waals surface area contributed by atoms with Gasteiger partial charge in [0.05, 0.1) is 5.69 Å².